The molecule has 1 aromatic rings. The summed E-state index contributed by atoms with van der Waals surface area (Å²) in [6, 6.07) is 5.40. The highest BCUT2D eigenvalue weighted by Gasteiger charge is 2.13. The summed E-state index contributed by atoms with van der Waals surface area (Å²) in [5.74, 6) is 0.0682. The van der Waals surface area contributed by atoms with E-state index >= 15 is 0 Å². The first-order valence-corrected chi connectivity index (χ1v) is 6.51. The topological polar surface area (TPSA) is 49.3 Å². The van der Waals surface area contributed by atoms with E-state index in [1.54, 1.807) is 13.0 Å². The van der Waals surface area contributed by atoms with Gasteiger partial charge >= 0.3 is 0 Å². The first-order chi connectivity index (χ1) is 8.41. The third kappa shape index (κ3) is 4.31. The Balaban J connectivity index is 2.58. The molecule has 0 heterocycles. The molecule has 0 aliphatic carbocycles. The smallest absolute Gasteiger partial charge is 0.252 e. The lowest BCUT2D eigenvalue weighted by Gasteiger charge is -2.14. The number of hydrogen-bond donors (Lipinski definition) is 2. The van der Waals surface area contributed by atoms with Gasteiger partial charge in [-0.2, -0.15) is 0 Å². The van der Waals surface area contributed by atoms with E-state index in [2.05, 4.69) is 5.32 Å². The summed E-state index contributed by atoms with van der Waals surface area (Å²) in [6.45, 7) is 6.14. The molecule has 2 N–H and O–H groups in total. The fourth-order valence-corrected chi connectivity index (χ4v) is 2.06. The van der Waals surface area contributed by atoms with Gasteiger partial charge in [-0.25, -0.2) is 0 Å². The van der Waals surface area contributed by atoms with E-state index in [1.807, 2.05) is 26.0 Å². The predicted octanol–water partition coefficient (Wildman–Crippen LogP) is 2.79. The minimum Gasteiger partial charge on any atom is -0.393 e. The summed E-state index contributed by atoms with van der Waals surface area (Å²) in [5, 5.41) is 12.6. The SMILES string of the molecule is Cc1cccc(C(=O)NCC(C)CC(C)O)c1Cl. The number of amides is 1. The molecule has 0 aliphatic rings. The van der Waals surface area contributed by atoms with E-state index in [9.17, 15) is 9.90 Å². The number of nitrogens with one attached hydrogen (secondary N) is 1. The van der Waals surface area contributed by atoms with Crippen LogP contribution >= 0.6 is 11.6 Å². The van der Waals surface area contributed by atoms with Gasteiger partial charge in [-0.1, -0.05) is 30.7 Å². The van der Waals surface area contributed by atoms with Crippen molar-refractivity contribution in [2.75, 3.05) is 6.54 Å². The quantitative estimate of drug-likeness (QED) is 0.864. The van der Waals surface area contributed by atoms with Crippen molar-refractivity contribution in [1.82, 2.24) is 5.32 Å². The molecule has 1 amide bonds. The third-order valence-corrected chi connectivity index (χ3v) is 3.29. The third-order valence-electron chi connectivity index (χ3n) is 2.79. The predicted molar refractivity (Wildman–Crippen MR) is 74.0 cm³/mol. The molecule has 0 radical (unpaired) electrons. The molecule has 0 fully saturated rings. The van der Waals surface area contributed by atoms with E-state index in [1.165, 1.54) is 0 Å². The monoisotopic (exact) mass is 269 g/mol. The summed E-state index contributed by atoms with van der Waals surface area (Å²) < 4.78 is 0. The molecule has 0 saturated heterocycles. The average molecular weight is 270 g/mol. The molecular weight excluding hydrogens is 250 g/mol. The van der Waals surface area contributed by atoms with Crippen molar-refractivity contribution >= 4 is 17.5 Å². The minimum absolute atomic E-state index is 0.166. The first-order valence-electron chi connectivity index (χ1n) is 6.13. The Kier molecular flexibility index (Phi) is 5.63. The molecule has 0 aromatic heterocycles. The van der Waals surface area contributed by atoms with Gasteiger partial charge in [0.15, 0.2) is 0 Å². The van der Waals surface area contributed by atoms with Crippen molar-refractivity contribution in [3.05, 3.63) is 34.3 Å². The van der Waals surface area contributed by atoms with Crippen LogP contribution in [0.3, 0.4) is 0 Å². The number of rotatable bonds is 5. The Morgan fingerprint density at radius 3 is 2.72 bits per heavy atom. The van der Waals surface area contributed by atoms with Crippen molar-refractivity contribution < 1.29 is 9.90 Å². The summed E-state index contributed by atoms with van der Waals surface area (Å²) in [7, 11) is 0. The fraction of sp³-hybridized carbons (Fsp3) is 0.500. The van der Waals surface area contributed by atoms with Crippen molar-refractivity contribution in [1.29, 1.82) is 0 Å². The van der Waals surface area contributed by atoms with E-state index in [-0.39, 0.29) is 17.9 Å². The lowest BCUT2D eigenvalue weighted by atomic mass is 10.0. The number of hydrogen-bond acceptors (Lipinski definition) is 2. The van der Waals surface area contributed by atoms with Crippen LogP contribution < -0.4 is 5.32 Å². The second-order valence-corrected chi connectivity index (χ2v) is 5.21. The van der Waals surface area contributed by atoms with Crippen LogP contribution in [0.5, 0.6) is 0 Å². The van der Waals surface area contributed by atoms with Gasteiger partial charge in [0, 0.05) is 6.54 Å². The van der Waals surface area contributed by atoms with Gasteiger partial charge in [0.25, 0.3) is 5.91 Å². The maximum atomic E-state index is 11.9. The van der Waals surface area contributed by atoms with E-state index < -0.39 is 0 Å². The molecule has 0 saturated carbocycles. The van der Waals surface area contributed by atoms with Crippen LogP contribution in [0.1, 0.15) is 36.2 Å². The van der Waals surface area contributed by atoms with E-state index in [0.717, 1.165) is 5.56 Å². The Morgan fingerprint density at radius 1 is 1.44 bits per heavy atom. The van der Waals surface area contributed by atoms with E-state index in [0.29, 0.717) is 23.6 Å². The molecule has 0 bridgehead atoms. The van der Waals surface area contributed by atoms with Crippen LogP contribution in [0.4, 0.5) is 0 Å². The van der Waals surface area contributed by atoms with Crippen LogP contribution in [-0.4, -0.2) is 23.7 Å². The number of aliphatic hydroxyl groups is 1. The van der Waals surface area contributed by atoms with Gasteiger partial charge in [0.05, 0.1) is 16.7 Å². The molecule has 1 rings (SSSR count). The molecular formula is C14H20ClNO2. The number of aliphatic hydroxyl groups excluding tert-OH is 1. The molecule has 4 heteroatoms. The van der Waals surface area contributed by atoms with Gasteiger partial charge in [-0.3, -0.25) is 4.79 Å². The average Bonchev–Trinajstić information content (AvgIpc) is 2.29. The van der Waals surface area contributed by atoms with E-state index in [4.69, 9.17) is 11.6 Å². The zero-order chi connectivity index (χ0) is 13.7. The van der Waals surface area contributed by atoms with Gasteiger partial charge in [0.2, 0.25) is 0 Å². The number of carbonyl (C=O) groups is 1. The van der Waals surface area contributed by atoms with Crippen LogP contribution in [0.15, 0.2) is 18.2 Å². The van der Waals surface area contributed by atoms with Gasteiger partial charge in [-0.15, -0.1) is 0 Å². The van der Waals surface area contributed by atoms with Gasteiger partial charge in [-0.05, 0) is 37.8 Å². The summed E-state index contributed by atoms with van der Waals surface area (Å²) in [6.07, 6.45) is 0.321. The van der Waals surface area contributed by atoms with Crippen molar-refractivity contribution in [2.45, 2.75) is 33.3 Å². The zero-order valence-corrected chi connectivity index (χ0v) is 11.8. The number of halogens is 1. The van der Waals surface area contributed by atoms with Crippen LogP contribution in [0.25, 0.3) is 0 Å². The van der Waals surface area contributed by atoms with Crippen molar-refractivity contribution in [3.63, 3.8) is 0 Å². The summed E-state index contributed by atoms with van der Waals surface area (Å²) in [4.78, 5) is 11.9. The second kappa shape index (κ2) is 6.76. The molecule has 3 nitrogen and oxygen atoms in total. The highest BCUT2D eigenvalue weighted by Crippen LogP contribution is 2.20. The maximum Gasteiger partial charge on any atom is 0.252 e. The largest absolute Gasteiger partial charge is 0.393 e. The lowest BCUT2D eigenvalue weighted by Crippen LogP contribution is -2.29. The molecule has 100 valence electrons. The Labute approximate surface area is 113 Å². The fourth-order valence-electron chi connectivity index (χ4n) is 1.85. The van der Waals surface area contributed by atoms with Crippen molar-refractivity contribution in [3.8, 4) is 0 Å². The Hall–Kier alpha value is -1.06. The second-order valence-electron chi connectivity index (χ2n) is 4.84. The van der Waals surface area contributed by atoms with Gasteiger partial charge < -0.3 is 10.4 Å². The normalized spacial score (nSPS) is 14.1. The molecule has 1 aromatic carbocycles. The minimum atomic E-state index is -0.348. The van der Waals surface area contributed by atoms with Gasteiger partial charge in [0.1, 0.15) is 0 Å². The molecule has 2 unspecified atom stereocenters. The number of aryl methyl sites for hydroxylation is 1. The lowest BCUT2D eigenvalue weighted by molar-refractivity contribution is 0.0939. The maximum absolute atomic E-state index is 11.9. The van der Waals surface area contributed by atoms with Crippen molar-refractivity contribution in [2.24, 2.45) is 5.92 Å². The molecule has 18 heavy (non-hydrogen) atoms. The molecule has 0 aliphatic heterocycles. The highest BCUT2D eigenvalue weighted by atomic mass is 35.5. The Bertz CT molecular complexity index is 418. The molecule has 0 spiro atoms. The number of carbonyl (C=O) groups excluding carboxylic acids is 1. The van der Waals surface area contributed by atoms with Crippen LogP contribution in [-0.2, 0) is 0 Å². The highest BCUT2D eigenvalue weighted by molar-refractivity contribution is 6.34. The number of benzene rings is 1. The van der Waals surface area contributed by atoms with Crippen LogP contribution in [0.2, 0.25) is 5.02 Å². The molecule has 2 atom stereocenters. The zero-order valence-electron chi connectivity index (χ0n) is 11.0. The summed E-state index contributed by atoms with van der Waals surface area (Å²) in [5.41, 5.74) is 1.39. The Morgan fingerprint density at radius 2 is 2.11 bits per heavy atom. The standard InChI is InChI=1S/C14H20ClNO2/c1-9(7-11(3)17)8-16-14(18)12-6-4-5-10(2)13(12)15/h4-6,9,11,17H,7-8H2,1-3H3,(H,16,18). The summed E-state index contributed by atoms with van der Waals surface area (Å²) >= 11 is 6.09. The first kappa shape index (κ1) is 15.0. The van der Waals surface area contributed by atoms with Crippen LogP contribution in [0, 0.1) is 12.8 Å².